The van der Waals surface area contributed by atoms with Gasteiger partial charge >= 0.3 is 0 Å². The van der Waals surface area contributed by atoms with Crippen molar-refractivity contribution in [1.82, 2.24) is 24.3 Å². The predicted octanol–water partition coefficient (Wildman–Crippen LogP) is 3.16. The highest BCUT2D eigenvalue weighted by Crippen LogP contribution is 2.33. The Bertz CT molecular complexity index is 1430. The van der Waals surface area contributed by atoms with Gasteiger partial charge in [-0.05, 0) is 24.3 Å². The van der Waals surface area contributed by atoms with Gasteiger partial charge in [0.25, 0.3) is 11.8 Å². The zero-order chi connectivity index (χ0) is 22.5. The van der Waals surface area contributed by atoms with Crippen molar-refractivity contribution in [2.75, 3.05) is 6.54 Å². The number of aryl methyl sites for hydroxylation is 1. The maximum Gasteiger partial charge on any atom is 0.268 e. The molecular formula is C21H17F2N5O3S. The van der Waals surface area contributed by atoms with Crippen LogP contribution in [0.1, 0.15) is 11.3 Å². The zero-order valence-corrected chi connectivity index (χ0v) is 17.7. The molecule has 11 heteroatoms. The van der Waals surface area contributed by atoms with E-state index in [2.05, 4.69) is 15.3 Å². The number of aromatic nitrogens is 4. The third kappa shape index (κ3) is 3.30. The Balaban J connectivity index is 1.52. The van der Waals surface area contributed by atoms with E-state index < -0.39 is 21.7 Å². The van der Waals surface area contributed by atoms with Crippen LogP contribution in [0.25, 0.3) is 23.0 Å². The van der Waals surface area contributed by atoms with E-state index >= 15 is 0 Å². The summed E-state index contributed by atoms with van der Waals surface area (Å²) in [6, 6.07) is 11.3. The van der Waals surface area contributed by atoms with Gasteiger partial charge in [0, 0.05) is 37.8 Å². The van der Waals surface area contributed by atoms with Gasteiger partial charge in [0.2, 0.25) is 10.0 Å². The van der Waals surface area contributed by atoms with Gasteiger partial charge in [-0.1, -0.05) is 24.3 Å². The van der Waals surface area contributed by atoms with E-state index in [1.807, 2.05) is 0 Å². The van der Waals surface area contributed by atoms with E-state index in [0.29, 0.717) is 17.7 Å². The first-order valence-corrected chi connectivity index (χ1v) is 11.2. The first kappa shape index (κ1) is 20.5. The van der Waals surface area contributed by atoms with Crippen LogP contribution in [0, 0.1) is 11.6 Å². The molecule has 0 saturated heterocycles. The van der Waals surface area contributed by atoms with Gasteiger partial charge in [-0.3, -0.25) is 4.68 Å². The number of halogens is 2. The highest BCUT2D eigenvalue weighted by Gasteiger charge is 2.34. The van der Waals surface area contributed by atoms with Crippen molar-refractivity contribution in [3.05, 3.63) is 71.4 Å². The second kappa shape index (κ2) is 7.61. The van der Waals surface area contributed by atoms with Gasteiger partial charge in [-0.15, -0.1) is 10.2 Å². The normalized spacial score (nSPS) is 14.5. The zero-order valence-electron chi connectivity index (χ0n) is 16.9. The molecule has 5 rings (SSSR count). The number of hydrogen-bond acceptors (Lipinski definition) is 6. The number of hydrogen-bond donors (Lipinski definition) is 0. The molecule has 0 N–H and O–H groups in total. The molecule has 32 heavy (non-hydrogen) atoms. The fraction of sp³-hybridized carbons (Fsp3) is 0.190. The van der Waals surface area contributed by atoms with Crippen LogP contribution in [-0.4, -0.2) is 39.2 Å². The molecular weight excluding hydrogens is 440 g/mol. The molecule has 0 radical (unpaired) electrons. The lowest BCUT2D eigenvalue weighted by Gasteiger charge is -2.26. The Kier molecular flexibility index (Phi) is 4.86. The van der Waals surface area contributed by atoms with Crippen LogP contribution in [0.4, 0.5) is 8.78 Å². The number of nitrogens with zero attached hydrogens (tertiary/aromatic N) is 5. The predicted molar refractivity (Wildman–Crippen MR) is 110 cm³/mol. The smallest absolute Gasteiger partial charge is 0.268 e. The maximum absolute atomic E-state index is 14.2. The van der Waals surface area contributed by atoms with E-state index in [1.165, 1.54) is 34.6 Å². The fourth-order valence-corrected chi connectivity index (χ4v) is 5.27. The number of sulfonamides is 1. The number of rotatable bonds is 4. The molecule has 1 aliphatic heterocycles. The summed E-state index contributed by atoms with van der Waals surface area (Å²) in [5.74, 6) is -1.28. The summed E-state index contributed by atoms with van der Waals surface area (Å²) >= 11 is 0. The lowest BCUT2D eigenvalue weighted by Crippen LogP contribution is -2.36. The van der Waals surface area contributed by atoms with Gasteiger partial charge in [0.15, 0.2) is 5.69 Å². The second-order valence-corrected chi connectivity index (χ2v) is 9.22. The lowest BCUT2D eigenvalue weighted by atomic mass is 10.1. The summed E-state index contributed by atoms with van der Waals surface area (Å²) in [5, 5.41) is 12.3. The molecule has 0 fully saturated rings. The van der Waals surface area contributed by atoms with Crippen molar-refractivity contribution >= 4 is 10.0 Å². The Morgan fingerprint density at radius 2 is 1.66 bits per heavy atom. The second-order valence-electron chi connectivity index (χ2n) is 7.31. The van der Waals surface area contributed by atoms with E-state index in [4.69, 9.17) is 4.42 Å². The van der Waals surface area contributed by atoms with Crippen molar-refractivity contribution in [1.29, 1.82) is 0 Å². The molecule has 0 amide bonds. The quantitative estimate of drug-likeness (QED) is 0.467. The van der Waals surface area contributed by atoms with E-state index in [0.717, 1.165) is 11.8 Å². The lowest BCUT2D eigenvalue weighted by molar-refractivity contribution is 0.383. The highest BCUT2D eigenvalue weighted by molar-refractivity contribution is 7.89. The third-order valence-corrected chi connectivity index (χ3v) is 7.27. The molecule has 164 valence electrons. The van der Waals surface area contributed by atoms with Crippen LogP contribution in [-0.2, 0) is 30.0 Å². The van der Waals surface area contributed by atoms with Crippen LogP contribution in [0.2, 0.25) is 0 Å². The van der Waals surface area contributed by atoms with E-state index in [1.54, 1.807) is 23.9 Å². The number of benzene rings is 2. The van der Waals surface area contributed by atoms with Crippen molar-refractivity contribution in [2.24, 2.45) is 7.05 Å². The monoisotopic (exact) mass is 457 g/mol. The topological polar surface area (TPSA) is 94.1 Å². The fourth-order valence-electron chi connectivity index (χ4n) is 3.80. The molecule has 0 spiro atoms. The Hall–Kier alpha value is -3.44. The molecule has 0 unspecified atom stereocenters. The van der Waals surface area contributed by atoms with Gasteiger partial charge in [0.1, 0.15) is 16.5 Å². The molecule has 2 aromatic heterocycles. The molecule has 4 aromatic rings. The minimum absolute atomic E-state index is 0.0100. The maximum atomic E-state index is 14.2. The molecule has 1 aliphatic rings. The average Bonchev–Trinajstić information content (AvgIpc) is 3.39. The minimum Gasteiger partial charge on any atom is -0.414 e. The largest absolute Gasteiger partial charge is 0.414 e. The van der Waals surface area contributed by atoms with Gasteiger partial charge in [-0.25, -0.2) is 17.2 Å². The molecule has 3 heterocycles. The van der Waals surface area contributed by atoms with Gasteiger partial charge < -0.3 is 4.42 Å². The van der Waals surface area contributed by atoms with E-state index in [-0.39, 0.29) is 35.3 Å². The summed E-state index contributed by atoms with van der Waals surface area (Å²) in [5.41, 5.74) is 1.86. The molecule has 0 saturated carbocycles. The first-order chi connectivity index (χ1) is 15.4. The summed E-state index contributed by atoms with van der Waals surface area (Å²) < 4.78 is 62.9. The van der Waals surface area contributed by atoms with Crippen LogP contribution in [0.5, 0.6) is 0 Å². The van der Waals surface area contributed by atoms with Crippen LogP contribution < -0.4 is 0 Å². The van der Waals surface area contributed by atoms with E-state index in [9.17, 15) is 17.2 Å². The van der Waals surface area contributed by atoms with Crippen LogP contribution in [0.3, 0.4) is 0 Å². The first-order valence-electron chi connectivity index (χ1n) is 9.74. The van der Waals surface area contributed by atoms with Crippen molar-refractivity contribution in [3.8, 4) is 23.0 Å². The Labute approximate surface area is 182 Å². The Morgan fingerprint density at radius 1 is 0.969 bits per heavy atom. The SMILES string of the molecule is Cn1nc(-c2nnc(-c3ccccc3F)o2)c2c1CCN(S(=O)(=O)c1ccccc1F)C2. The van der Waals surface area contributed by atoms with Crippen molar-refractivity contribution < 1.29 is 21.6 Å². The number of fused-ring (bicyclic) bond motifs is 1. The highest BCUT2D eigenvalue weighted by atomic mass is 32.2. The van der Waals surface area contributed by atoms with Crippen LogP contribution >= 0.6 is 0 Å². The molecule has 0 bridgehead atoms. The molecule has 0 atom stereocenters. The minimum atomic E-state index is -4.06. The van der Waals surface area contributed by atoms with Crippen LogP contribution in [0.15, 0.2) is 57.8 Å². The van der Waals surface area contributed by atoms with Crippen molar-refractivity contribution in [3.63, 3.8) is 0 Å². The summed E-state index contributed by atoms with van der Waals surface area (Å²) in [6.45, 7) is 0.138. The van der Waals surface area contributed by atoms with Gasteiger partial charge in [-0.2, -0.15) is 9.40 Å². The average molecular weight is 457 g/mol. The summed E-state index contributed by atoms with van der Waals surface area (Å²) in [6.07, 6.45) is 0.376. The van der Waals surface area contributed by atoms with Gasteiger partial charge in [0.05, 0.1) is 5.56 Å². The molecule has 2 aromatic carbocycles. The molecule has 8 nitrogen and oxygen atoms in total. The summed E-state index contributed by atoms with van der Waals surface area (Å²) in [7, 11) is -2.33. The Morgan fingerprint density at radius 3 is 2.41 bits per heavy atom. The third-order valence-electron chi connectivity index (χ3n) is 5.39. The molecule has 0 aliphatic carbocycles. The summed E-state index contributed by atoms with van der Waals surface area (Å²) in [4.78, 5) is -0.381. The standard InChI is InChI=1S/C21H17F2N5O3S/c1-27-17-10-11-28(32(29,30)18-9-5-4-8-16(18)23)12-14(17)19(26-27)21-25-24-20(31-21)13-6-2-3-7-15(13)22/h2-9H,10-12H2,1H3. The van der Waals surface area contributed by atoms with Crippen molar-refractivity contribution in [2.45, 2.75) is 17.9 Å².